The van der Waals surface area contributed by atoms with E-state index in [1.165, 1.54) is 25.7 Å². The van der Waals surface area contributed by atoms with Crippen molar-refractivity contribution in [2.24, 2.45) is 0 Å². The zero-order valence-electron chi connectivity index (χ0n) is 20.3. The van der Waals surface area contributed by atoms with Crippen LogP contribution >= 0.6 is 0 Å². The van der Waals surface area contributed by atoms with Gasteiger partial charge in [0, 0.05) is 50.0 Å². The van der Waals surface area contributed by atoms with E-state index in [0.717, 1.165) is 48.7 Å². The fourth-order valence-electron chi connectivity index (χ4n) is 4.83. The Balaban J connectivity index is 1.20. The number of aliphatic hydroxyl groups is 1. The van der Waals surface area contributed by atoms with Crippen LogP contribution < -0.4 is 10.2 Å². The first-order valence-electron chi connectivity index (χ1n) is 12.3. The predicted octanol–water partition coefficient (Wildman–Crippen LogP) is 3.90. The van der Waals surface area contributed by atoms with Gasteiger partial charge >= 0.3 is 0 Å². The van der Waals surface area contributed by atoms with Gasteiger partial charge in [-0.2, -0.15) is 4.98 Å². The van der Waals surface area contributed by atoms with Crippen molar-refractivity contribution < 1.29 is 9.84 Å². The Bertz CT molecular complexity index is 1090. The molecule has 1 unspecified atom stereocenters. The molecule has 0 aromatic carbocycles. The molecule has 3 aromatic rings. The van der Waals surface area contributed by atoms with Gasteiger partial charge < -0.3 is 24.6 Å². The lowest BCUT2D eigenvalue weighted by Gasteiger charge is -2.39. The van der Waals surface area contributed by atoms with Crippen molar-refractivity contribution in [3.8, 4) is 0 Å². The molecule has 2 fully saturated rings. The maximum Gasteiger partial charge on any atom is 0.230 e. The van der Waals surface area contributed by atoms with Crippen molar-refractivity contribution in [1.82, 2.24) is 24.4 Å². The minimum Gasteiger partial charge on any atom is -0.368 e. The third-order valence-electron chi connectivity index (χ3n) is 6.61. The predicted molar refractivity (Wildman–Crippen MR) is 133 cm³/mol. The van der Waals surface area contributed by atoms with Crippen LogP contribution in [0.5, 0.6) is 0 Å². The average molecular weight is 466 g/mol. The maximum absolute atomic E-state index is 10.3. The highest BCUT2D eigenvalue weighted by molar-refractivity contribution is 5.77. The minimum atomic E-state index is -0.876. The summed E-state index contributed by atoms with van der Waals surface area (Å²) in [6.07, 6.45) is 10.0. The summed E-state index contributed by atoms with van der Waals surface area (Å²) in [5.74, 6) is 1.28. The van der Waals surface area contributed by atoms with Crippen LogP contribution in [0.3, 0.4) is 0 Å². The Kier molecular flexibility index (Phi) is 6.42. The average Bonchev–Trinajstić information content (AvgIpc) is 3.48. The summed E-state index contributed by atoms with van der Waals surface area (Å²) in [7, 11) is 0. The van der Waals surface area contributed by atoms with Crippen LogP contribution in [0.2, 0.25) is 0 Å². The molecule has 0 spiro atoms. The van der Waals surface area contributed by atoms with Gasteiger partial charge in [0.2, 0.25) is 12.4 Å². The number of hydrogen-bond donors (Lipinski definition) is 2. The van der Waals surface area contributed by atoms with Gasteiger partial charge in [0.05, 0.1) is 17.5 Å². The number of piperazine rings is 1. The molecule has 0 radical (unpaired) electrons. The van der Waals surface area contributed by atoms with Crippen molar-refractivity contribution in [3.05, 3.63) is 36.8 Å². The lowest BCUT2D eigenvalue weighted by atomic mass is 10.2. The molecule has 1 aliphatic carbocycles. The zero-order valence-corrected chi connectivity index (χ0v) is 20.3. The van der Waals surface area contributed by atoms with Gasteiger partial charge in [-0.3, -0.25) is 4.90 Å². The molecule has 9 heteroatoms. The number of aliphatic hydroxyl groups excluding tert-OH is 1. The van der Waals surface area contributed by atoms with E-state index in [1.807, 2.05) is 44.1 Å². The van der Waals surface area contributed by atoms with Gasteiger partial charge in [0.15, 0.2) is 0 Å². The topological polar surface area (TPSA) is 91.6 Å². The Labute approximate surface area is 200 Å². The molecule has 182 valence electrons. The summed E-state index contributed by atoms with van der Waals surface area (Å²) in [5.41, 5.74) is 1.66. The van der Waals surface area contributed by atoms with E-state index < -0.39 is 6.41 Å². The lowest BCUT2D eigenvalue weighted by Crippen LogP contribution is -2.52. The number of nitrogens with one attached hydrogen (secondary N) is 1. The number of ether oxygens (including phenoxy) is 1. The molecule has 0 amide bonds. The number of aromatic nitrogens is 4. The van der Waals surface area contributed by atoms with Gasteiger partial charge in [0.1, 0.15) is 11.5 Å². The molecule has 9 nitrogen and oxygen atoms in total. The summed E-state index contributed by atoms with van der Waals surface area (Å²) in [5, 5.41) is 14.6. The van der Waals surface area contributed by atoms with Crippen LogP contribution in [-0.4, -0.2) is 67.7 Å². The van der Waals surface area contributed by atoms with Crippen molar-refractivity contribution in [3.63, 3.8) is 0 Å². The molecule has 1 saturated heterocycles. The molecular formula is C25H35N7O2. The van der Waals surface area contributed by atoms with Crippen molar-refractivity contribution in [1.29, 1.82) is 0 Å². The van der Waals surface area contributed by atoms with E-state index >= 15 is 0 Å². The quantitative estimate of drug-likeness (QED) is 0.530. The molecule has 2 N–H and O–H groups in total. The van der Waals surface area contributed by atoms with E-state index in [1.54, 1.807) is 0 Å². The van der Waals surface area contributed by atoms with Gasteiger partial charge in [-0.1, -0.05) is 12.8 Å². The van der Waals surface area contributed by atoms with Crippen LogP contribution in [0.15, 0.2) is 36.8 Å². The zero-order chi connectivity index (χ0) is 23.7. The summed E-state index contributed by atoms with van der Waals surface area (Å²) >= 11 is 0. The van der Waals surface area contributed by atoms with Crippen LogP contribution in [-0.2, 0) is 4.74 Å². The highest BCUT2D eigenvalue weighted by Crippen LogP contribution is 2.32. The second-order valence-corrected chi connectivity index (χ2v) is 10.2. The van der Waals surface area contributed by atoms with Gasteiger partial charge in [-0.15, -0.1) is 0 Å². The van der Waals surface area contributed by atoms with Gasteiger partial charge in [-0.25, -0.2) is 9.97 Å². The Morgan fingerprint density at radius 2 is 1.79 bits per heavy atom. The Hall–Kier alpha value is -2.75. The second kappa shape index (κ2) is 9.48. The summed E-state index contributed by atoms with van der Waals surface area (Å²) in [4.78, 5) is 18.1. The fourth-order valence-corrected chi connectivity index (χ4v) is 4.83. The minimum absolute atomic E-state index is 0.378. The molecule has 4 heterocycles. The summed E-state index contributed by atoms with van der Waals surface area (Å²) in [6.45, 7) is 8.91. The first kappa shape index (κ1) is 23.0. The molecule has 2 aliphatic rings. The van der Waals surface area contributed by atoms with Crippen LogP contribution in [0, 0.1) is 0 Å². The number of fused-ring (bicyclic) bond motifs is 1. The molecule has 34 heavy (non-hydrogen) atoms. The SMILES string of the molecule is CC(C)(C)OC(O)N1CCN(c2ccc(Nc3ncc4ccn(C5CCCC5)c4n3)nc2)CC1. The molecule has 0 bridgehead atoms. The Morgan fingerprint density at radius 3 is 2.47 bits per heavy atom. The standard InChI is InChI=1S/C25H35N7O2/c1-25(2,3)34-24(33)31-14-12-30(13-15-31)20-8-9-21(26-17-20)28-23-27-16-18-10-11-32(22(18)29-23)19-6-4-5-7-19/h8-11,16-17,19,24,33H,4-7,12-15H2,1-3H3,(H,26,27,28,29). The van der Waals surface area contributed by atoms with Crippen molar-refractivity contribution in [2.75, 3.05) is 36.4 Å². The normalized spacial score (nSPS) is 19.1. The monoisotopic (exact) mass is 465 g/mol. The molecule has 3 aromatic heterocycles. The van der Waals surface area contributed by atoms with Crippen LogP contribution in [0.4, 0.5) is 17.5 Å². The first-order valence-corrected chi connectivity index (χ1v) is 12.3. The summed E-state index contributed by atoms with van der Waals surface area (Å²) < 4.78 is 7.98. The van der Waals surface area contributed by atoms with Gasteiger partial charge in [0.25, 0.3) is 0 Å². The third-order valence-corrected chi connectivity index (χ3v) is 6.61. The highest BCUT2D eigenvalue weighted by atomic mass is 16.6. The number of pyridine rings is 1. The molecule has 1 saturated carbocycles. The number of anilines is 3. The smallest absolute Gasteiger partial charge is 0.230 e. The molecule has 5 rings (SSSR count). The summed E-state index contributed by atoms with van der Waals surface area (Å²) in [6, 6.07) is 6.66. The number of nitrogens with zero attached hydrogens (tertiary/aromatic N) is 6. The molecule has 1 atom stereocenters. The first-order chi connectivity index (χ1) is 16.4. The lowest BCUT2D eigenvalue weighted by molar-refractivity contribution is -0.239. The number of rotatable bonds is 6. The highest BCUT2D eigenvalue weighted by Gasteiger charge is 2.26. The largest absolute Gasteiger partial charge is 0.368 e. The van der Waals surface area contributed by atoms with E-state index in [2.05, 4.69) is 43.1 Å². The molecular weight excluding hydrogens is 430 g/mol. The molecule has 1 aliphatic heterocycles. The number of hydrogen-bond acceptors (Lipinski definition) is 8. The van der Waals surface area contributed by atoms with E-state index in [-0.39, 0.29) is 5.60 Å². The fraction of sp³-hybridized carbons (Fsp3) is 0.560. The van der Waals surface area contributed by atoms with E-state index in [0.29, 0.717) is 12.0 Å². The van der Waals surface area contributed by atoms with E-state index in [4.69, 9.17) is 9.72 Å². The third kappa shape index (κ3) is 5.16. The van der Waals surface area contributed by atoms with Crippen LogP contribution in [0.1, 0.15) is 52.5 Å². The van der Waals surface area contributed by atoms with Gasteiger partial charge in [-0.05, 0) is 51.8 Å². The van der Waals surface area contributed by atoms with Crippen LogP contribution in [0.25, 0.3) is 11.0 Å². The van der Waals surface area contributed by atoms with E-state index in [9.17, 15) is 5.11 Å². The van der Waals surface area contributed by atoms with Crippen molar-refractivity contribution >= 4 is 28.5 Å². The second-order valence-electron chi connectivity index (χ2n) is 10.2. The maximum atomic E-state index is 10.3. The Morgan fingerprint density at radius 1 is 1.03 bits per heavy atom. The van der Waals surface area contributed by atoms with Crippen molar-refractivity contribution in [2.45, 2.75) is 64.5 Å².